The fourth-order valence-corrected chi connectivity index (χ4v) is 0.561. The van der Waals surface area contributed by atoms with Gasteiger partial charge in [0.25, 0.3) is 0 Å². The second-order valence-corrected chi connectivity index (χ2v) is 1.72. The van der Waals surface area contributed by atoms with Gasteiger partial charge in [0.2, 0.25) is 0 Å². The minimum Gasteiger partial charge on any atom is -0.258 e. The summed E-state index contributed by atoms with van der Waals surface area (Å²) in [5.74, 6) is 0. The van der Waals surface area contributed by atoms with Crippen LogP contribution in [0.5, 0.6) is 0 Å². The highest BCUT2D eigenvalue weighted by Crippen LogP contribution is 2.10. The van der Waals surface area contributed by atoms with E-state index in [0.29, 0.717) is 5.69 Å². The van der Waals surface area contributed by atoms with Gasteiger partial charge in [-0.1, -0.05) is 6.07 Å². The molecule has 1 radical (unpaired) electrons. The molecule has 2 heteroatoms. The maximum Gasteiger partial charge on any atom is 0.142 e. The third-order valence-corrected chi connectivity index (χ3v) is 1.01. The molecule has 1 aromatic heterocycles. The van der Waals surface area contributed by atoms with Crippen LogP contribution in [0, 0.1) is 6.92 Å². The third-order valence-electron chi connectivity index (χ3n) is 1.01. The van der Waals surface area contributed by atoms with Crippen LogP contribution in [0.15, 0.2) is 24.4 Å². The second-order valence-electron chi connectivity index (χ2n) is 1.72. The van der Waals surface area contributed by atoms with Crippen molar-refractivity contribution in [1.29, 1.82) is 0 Å². The maximum atomic E-state index is 12.3. The molecule has 0 N–H and O–H groups in total. The smallest absolute Gasteiger partial charge is 0.142 e. The van der Waals surface area contributed by atoms with Crippen LogP contribution in [0.25, 0.3) is 0 Å². The van der Waals surface area contributed by atoms with E-state index in [1.165, 1.54) is 0 Å². The first kappa shape index (κ1) is 6.20. The average Bonchev–Trinajstić information content (AvgIpc) is 1.90. The molecular formula is C7H7FN. The standard InChI is InChI=1S/C7H7FN/c1-6(8)7-4-2-3-5-9-7/h2-6H,1H2. The van der Waals surface area contributed by atoms with Gasteiger partial charge >= 0.3 is 0 Å². The molecule has 0 saturated carbocycles. The predicted octanol–water partition coefficient (Wildman–Crippen LogP) is 1.93. The molecule has 0 aromatic carbocycles. The van der Waals surface area contributed by atoms with Crippen molar-refractivity contribution in [3.05, 3.63) is 37.0 Å². The monoisotopic (exact) mass is 124 g/mol. The van der Waals surface area contributed by atoms with Gasteiger partial charge in [0.15, 0.2) is 0 Å². The van der Waals surface area contributed by atoms with E-state index in [1.807, 2.05) is 0 Å². The lowest BCUT2D eigenvalue weighted by Crippen LogP contribution is -1.87. The summed E-state index contributed by atoms with van der Waals surface area (Å²) in [6.07, 6.45) is 0.346. The fourth-order valence-electron chi connectivity index (χ4n) is 0.561. The van der Waals surface area contributed by atoms with Gasteiger partial charge in [0.1, 0.15) is 6.17 Å². The highest BCUT2D eigenvalue weighted by Gasteiger charge is 2.00. The highest BCUT2D eigenvalue weighted by molar-refractivity contribution is 5.07. The van der Waals surface area contributed by atoms with Crippen LogP contribution in [0.3, 0.4) is 0 Å². The van der Waals surface area contributed by atoms with Gasteiger partial charge < -0.3 is 0 Å². The number of pyridine rings is 1. The molecule has 0 aliphatic rings. The number of halogens is 1. The Hall–Kier alpha value is -0.920. The van der Waals surface area contributed by atoms with Crippen LogP contribution < -0.4 is 0 Å². The zero-order chi connectivity index (χ0) is 6.69. The first-order chi connectivity index (χ1) is 4.30. The average molecular weight is 124 g/mol. The van der Waals surface area contributed by atoms with Crippen molar-refractivity contribution >= 4 is 0 Å². The number of rotatable bonds is 1. The summed E-state index contributed by atoms with van der Waals surface area (Å²) in [7, 11) is 0. The summed E-state index contributed by atoms with van der Waals surface area (Å²) >= 11 is 0. The van der Waals surface area contributed by atoms with Gasteiger partial charge in [-0.3, -0.25) is 4.98 Å². The largest absolute Gasteiger partial charge is 0.258 e. The number of alkyl halides is 1. The molecule has 0 saturated heterocycles. The Morgan fingerprint density at radius 2 is 2.33 bits per heavy atom. The Kier molecular flexibility index (Phi) is 1.78. The predicted molar refractivity (Wildman–Crippen MR) is 33.4 cm³/mol. The highest BCUT2D eigenvalue weighted by atomic mass is 19.1. The molecule has 47 valence electrons. The van der Waals surface area contributed by atoms with Crippen molar-refractivity contribution in [3.8, 4) is 0 Å². The summed E-state index contributed by atoms with van der Waals surface area (Å²) in [5, 5.41) is 0. The molecule has 1 unspecified atom stereocenters. The van der Waals surface area contributed by atoms with E-state index >= 15 is 0 Å². The Morgan fingerprint density at radius 3 is 2.67 bits per heavy atom. The zero-order valence-electron chi connectivity index (χ0n) is 4.92. The van der Waals surface area contributed by atoms with Crippen molar-refractivity contribution in [1.82, 2.24) is 4.98 Å². The fraction of sp³-hybridized carbons (Fsp3) is 0.143. The van der Waals surface area contributed by atoms with Gasteiger partial charge in [0.05, 0.1) is 5.69 Å². The maximum absolute atomic E-state index is 12.3. The molecule has 1 rings (SSSR count). The summed E-state index contributed by atoms with van der Waals surface area (Å²) in [6.45, 7) is 3.18. The molecule has 0 aliphatic carbocycles. The van der Waals surface area contributed by atoms with E-state index in [0.717, 1.165) is 0 Å². The molecule has 1 heterocycles. The molecule has 1 nitrogen and oxygen atoms in total. The van der Waals surface area contributed by atoms with E-state index < -0.39 is 6.17 Å². The van der Waals surface area contributed by atoms with E-state index in [-0.39, 0.29) is 0 Å². The van der Waals surface area contributed by atoms with E-state index in [2.05, 4.69) is 11.9 Å². The molecule has 0 fully saturated rings. The lowest BCUT2D eigenvalue weighted by atomic mass is 10.3. The molecule has 0 spiro atoms. The van der Waals surface area contributed by atoms with Gasteiger partial charge in [0, 0.05) is 6.20 Å². The quantitative estimate of drug-likeness (QED) is 0.557. The molecule has 1 atom stereocenters. The second kappa shape index (κ2) is 2.58. The van der Waals surface area contributed by atoms with E-state index in [9.17, 15) is 4.39 Å². The van der Waals surface area contributed by atoms with Crippen LogP contribution in [-0.2, 0) is 0 Å². The van der Waals surface area contributed by atoms with Crippen molar-refractivity contribution in [2.45, 2.75) is 6.17 Å². The molecule has 0 bridgehead atoms. The van der Waals surface area contributed by atoms with Gasteiger partial charge in [-0.2, -0.15) is 0 Å². The van der Waals surface area contributed by atoms with E-state index in [4.69, 9.17) is 0 Å². The first-order valence-corrected chi connectivity index (χ1v) is 2.69. The Bertz CT molecular complexity index is 172. The zero-order valence-corrected chi connectivity index (χ0v) is 4.92. The Morgan fingerprint density at radius 1 is 1.56 bits per heavy atom. The van der Waals surface area contributed by atoms with Gasteiger partial charge in [-0.25, -0.2) is 4.39 Å². The lowest BCUT2D eigenvalue weighted by Gasteiger charge is -1.96. The van der Waals surface area contributed by atoms with E-state index in [1.54, 1.807) is 24.4 Å². The first-order valence-electron chi connectivity index (χ1n) is 2.69. The SMILES string of the molecule is [CH2]C(F)c1ccccn1. The molecule has 1 aromatic rings. The number of hydrogen-bond acceptors (Lipinski definition) is 1. The number of nitrogens with zero attached hydrogens (tertiary/aromatic N) is 1. The molecule has 0 amide bonds. The van der Waals surface area contributed by atoms with Crippen molar-refractivity contribution < 1.29 is 4.39 Å². The van der Waals surface area contributed by atoms with Crippen LogP contribution in [0.2, 0.25) is 0 Å². The molecule has 9 heavy (non-hydrogen) atoms. The molecule has 0 aliphatic heterocycles. The van der Waals surface area contributed by atoms with Crippen LogP contribution in [0.4, 0.5) is 4.39 Å². The van der Waals surface area contributed by atoms with Crippen molar-refractivity contribution in [3.63, 3.8) is 0 Å². The Labute approximate surface area is 53.5 Å². The molecular weight excluding hydrogens is 117 g/mol. The number of aromatic nitrogens is 1. The summed E-state index contributed by atoms with van der Waals surface area (Å²) in [6, 6.07) is 5.09. The Balaban J connectivity index is 2.85. The number of hydrogen-bond donors (Lipinski definition) is 0. The summed E-state index contributed by atoms with van der Waals surface area (Å²) in [4.78, 5) is 3.74. The van der Waals surface area contributed by atoms with Crippen LogP contribution in [-0.4, -0.2) is 4.98 Å². The lowest BCUT2D eigenvalue weighted by molar-refractivity contribution is 0.402. The minimum atomic E-state index is -1.20. The van der Waals surface area contributed by atoms with Crippen molar-refractivity contribution in [2.24, 2.45) is 0 Å². The summed E-state index contributed by atoms with van der Waals surface area (Å²) in [5.41, 5.74) is 0.387. The topological polar surface area (TPSA) is 12.9 Å². The normalized spacial score (nSPS) is 13.1. The van der Waals surface area contributed by atoms with Crippen LogP contribution >= 0.6 is 0 Å². The summed E-state index contributed by atoms with van der Waals surface area (Å²) < 4.78 is 12.3. The van der Waals surface area contributed by atoms with Gasteiger partial charge in [-0.15, -0.1) is 0 Å². The third kappa shape index (κ3) is 1.49. The van der Waals surface area contributed by atoms with Crippen LogP contribution in [0.1, 0.15) is 11.9 Å². The minimum absolute atomic E-state index is 0.387. The van der Waals surface area contributed by atoms with Crippen molar-refractivity contribution in [2.75, 3.05) is 0 Å². The van der Waals surface area contributed by atoms with Gasteiger partial charge in [-0.05, 0) is 19.1 Å².